The molecular formula is C17H26N2OS. The van der Waals surface area contributed by atoms with E-state index in [-0.39, 0.29) is 5.91 Å². The van der Waals surface area contributed by atoms with Crippen LogP contribution in [0.3, 0.4) is 0 Å². The molecule has 21 heavy (non-hydrogen) atoms. The molecule has 1 atom stereocenters. The Morgan fingerprint density at radius 1 is 1.43 bits per heavy atom. The van der Waals surface area contributed by atoms with E-state index < -0.39 is 0 Å². The van der Waals surface area contributed by atoms with Crippen molar-refractivity contribution < 1.29 is 4.79 Å². The van der Waals surface area contributed by atoms with Crippen molar-refractivity contribution in [3.63, 3.8) is 0 Å². The summed E-state index contributed by atoms with van der Waals surface area (Å²) in [7, 11) is 0. The number of carbonyl (C=O) groups excluding carboxylic acids is 1. The molecule has 4 heteroatoms. The minimum Gasteiger partial charge on any atom is -0.338 e. The standard InChI is InChI=1S/C17H26N2OS/c1-3-11-19(13-14-7-6-10-18-12-14)17(20)15-8-4-5-9-16(15)21-2/h4-5,8-9,14,18H,3,6-7,10-13H2,1-2H3. The zero-order valence-corrected chi connectivity index (χ0v) is 13.9. The molecule has 1 aliphatic heterocycles. The summed E-state index contributed by atoms with van der Waals surface area (Å²) in [4.78, 5) is 16.0. The Morgan fingerprint density at radius 3 is 2.90 bits per heavy atom. The first-order valence-electron chi connectivity index (χ1n) is 7.89. The molecule has 2 rings (SSSR count). The van der Waals surface area contributed by atoms with Gasteiger partial charge in [0.15, 0.2) is 0 Å². The molecule has 0 radical (unpaired) electrons. The van der Waals surface area contributed by atoms with E-state index >= 15 is 0 Å². The fourth-order valence-electron chi connectivity index (χ4n) is 2.93. The van der Waals surface area contributed by atoms with E-state index in [1.807, 2.05) is 35.4 Å². The van der Waals surface area contributed by atoms with Crippen LogP contribution in [-0.4, -0.2) is 43.2 Å². The summed E-state index contributed by atoms with van der Waals surface area (Å²) in [5.41, 5.74) is 0.849. The molecule has 0 aromatic heterocycles. The summed E-state index contributed by atoms with van der Waals surface area (Å²) in [6, 6.07) is 7.94. The maximum atomic E-state index is 12.9. The number of thioether (sulfide) groups is 1. The molecule has 1 saturated heterocycles. The summed E-state index contributed by atoms with van der Waals surface area (Å²) in [5.74, 6) is 0.781. The predicted octanol–water partition coefficient (Wildman–Crippen LogP) is 3.26. The SMILES string of the molecule is CCCN(CC1CCCNC1)C(=O)c1ccccc1SC. The Bertz CT molecular complexity index is 458. The minimum absolute atomic E-state index is 0.187. The summed E-state index contributed by atoms with van der Waals surface area (Å²) < 4.78 is 0. The molecule has 1 amide bonds. The first kappa shape index (κ1) is 16.4. The van der Waals surface area contributed by atoms with Crippen LogP contribution in [0.15, 0.2) is 29.2 Å². The van der Waals surface area contributed by atoms with Gasteiger partial charge in [-0.15, -0.1) is 11.8 Å². The van der Waals surface area contributed by atoms with Gasteiger partial charge in [-0.25, -0.2) is 0 Å². The van der Waals surface area contributed by atoms with Gasteiger partial charge < -0.3 is 10.2 Å². The minimum atomic E-state index is 0.187. The van der Waals surface area contributed by atoms with Gasteiger partial charge in [0, 0.05) is 18.0 Å². The first-order chi connectivity index (χ1) is 10.3. The number of amides is 1. The van der Waals surface area contributed by atoms with Crippen LogP contribution in [0.4, 0.5) is 0 Å². The van der Waals surface area contributed by atoms with Crippen LogP contribution < -0.4 is 5.32 Å². The largest absolute Gasteiger partial charge is 0.338 e. The molecule has 1 fully saturated rings. The number of piperidine rings is 1. The molecule has 1 unspecified atom stereocenters. The lowest BCUT2D eigenvalue weighted by molar-refractivity contribution is 0.0715. The Labute approximate surface area is 132 Å². The van der Waals surface area contributed by atoms with Crippen molar-refractivity contribution in [1.29, 1.82) is 0 Å². The average molecular weight is 306 g/mol. The fraction of sp³-hybridized carbons (Fsp3) is 0.588. The highest BCUT2D eigenvalue weighted by molar-refractivity contribution is 7.98. The lowest BCUT2D eigenvalue weighted by Gasteiger charge is -2.30. The highest BCUT2D eigenvalue weighted by atomic mass is 32.2. The van der Waals surface area contributed by atoms with Crippen LogP contribution >= 0.6 is 11.8 Å². The van der Waals surface area contributed by atoms with Crippen LogP contribution in [0, 0.1) is 5.92 Å². The quantitative estimate of drug-likeness (QED) is 0.819. The Morgan fingerprint density at radius 2 is 2.24 bits per heavy atom. The molecule has 0 bridgehead atoms. The third-order valence-corrected chi connectivity index (χ3v) is 4.79. The van der Waals surface area contributed by atoms with Crippen molar-refractivity contribution in [3.05, 3.63) is 29.8 Å². The van der Waals surface area contributed by atoms with Gasteiger partial charge in [-0.05, 0) is 56.7 Å². The number of benzene rings is 1. The molecule has 0 aliphatic carbocycles. The van der Waals surface area contributed by atoms with Crippen molar-refractivity contribution in [2.75, 3.05) is 32.4 Å². The molecule has 1 aromatic rings. The third kappa shape index (κ3) is 4.48. The van der Waals surface area contributed by atoms with E-state index in [1.165, 1.54) is 12.8 Å². The average Bonchev–Trinajstić information content (AvgIpc) is 2.54. The van der Waals surface area contributed by atoms with E-state index in [0.717, 1.165) is 43.1 Å². The zero-order chi connectivity index (χ0) is 15.1. The number of hydrogen-bond donors (Lipinski definition) is 1. The zero-order valence-electron chi connectivity index (χ0n) is 13.1. The highest BCUT2D eigenvalue weighted by Crippen LogP contribution is 2.22. The van der Waals surface area contributed by atoms with E-state index in [9.17, 15) is 4.79 Å². The molecule has 116 valence electrons. The maximum Gasteiger partial charge on any atom is 0.254 e. The van der Waals surface area contributed by atoms with Gasteiger partial charge in [-0.3, -0.25) is 4.79 Å². The smallest absolute Gasteiger partial charge is 0.254 e. The van der Waals surface area contributed by atoms with Crippen LogP contribution in [-0.2, 0) is 0 Å². The maximum absolute atomic E-state index is 12.9. The fourth-order valence-corrected chi connectivity index (χ4v) is 3.52. The van der Waals surface area contributed by atoms with Crippen molar-refractivity contribution in [2.24, 2.45) is 5.92 Å². The van der Waals surface area contributed by atoms with E-state index in [4.69, 9.17) is 0 Å². The lowest BCUT2D eigenvalue weighted by Crippen LogP contribution is -2.41. The normalized spacial score (nSPS) is 18.5. The second kappa shape index (κ2) is 8.44. The molecule has 0 spiro atoms. The van der Waals surface area contributed by atoms with Gasteiger partial charge in [0.1, 0.15) is 0 Å². The number of carbonyl (C=O) groups is 1. The molecule has 1 aromatic carbocycles. The number of hydrogen-bond acceptors (Lipinski definition) is 3. The molecule has 1 aliphatic rings. The summed E-state index contributed by atoms with van der Waals surface area (Å²) >= 11 is 1.65. The Hall–Kier alpha value is -1.00. The van der Waals surface area contributed by atoms with E-state index in [1.54, 1.807) is 11.8 Å². The predicted molar refractivity (Wildman–Crippen MR) is 90.0 cm³/mol. The Kier molecular flexibility index (Phi) is 6.58. The first-order valence-corrected chi connectivity index (χ1v) is 9.11. The second-order valence-electron chi connectivity index (χ2n) is 5.66. The Balaban J connectivity index is 2.10. The van der Waals surface area contributed by atoms with Gasteiger partial charge >= 0.3 is 0 Å². The summed E-state index contributed by atoms with van der Waals surface area (Å²) in [6.07, 6.45) is 5.49. The van der Waals surface area contributed by atoms with Gasteiger partial charge in [-0.2, -0.15) is 0 Å². The molecular weight excluding hydrogens is 280 g/mol. The highest BCUT2D eigenvalue weighted by Gasteiger charge is 2.22. The lowest BCUT2D eigenvalue weighted by atomic mass is 9.98. The van der Waals surface area contributed by atoms with Gasteiger partial charge in [0.05, 0.1) is 5.56 Å². The number of rotatable bonds is 6. The van der Waals surface area contributed by atoms with Crippen molar-refractivity contribution >= 4 is 17.7 Å². The molecule has 1 N–H and O–H groups in total. The molecule has 1 heterocycles. The summed E-state index contributed by atoms with van der Waals surface area (Å²) in [5, 5.41) is 3.44. The third-order valence-electron chi connectivity index (χ3n) is 4.00. The van der Waals surface area contributed by atoms with Crippen LogP contribution in [0.1, 0.15) is 36.5 Å². The van der Waals surface area contributed by atoms with E-state index in [2.05, 4.69) is 12.2 Å². The van der Waals surface area contributed by atoms with Crippen molar-refractivity contribution in [3.8, 4) is 0 Å². The van der Waals surface area contributed by atoms with Crippen LogP contribution in [0.2, 0.25) is 0 Å². The van der Waals surface area contributed by atoms with Gasteiger partial charge in [-0.1, -0.05) is 19.1 Å². The van der Waals surface area contributed by atoms with Gasteiger partial charge in [0.2, 0.25) is 0 Å². The van der Waals surface area contributed by atoms with Crippen LogP contribution in [0.5, 0.6) is 0 Å². The molecule has 3 nitrogen and oxygen atoms in total. The monoisotopic (exact) mass is 306 g/mol. The number of nitrogens with one attached hydrogen (secondary N) is 1. The van der Waals surface area contributed by atoms with Gasteiger partial charge in [0.25, 0.3) is 5.91 Å². The number of nitrogens with zero attached hydrogens (tertiary/aromatic N) is 1. The van der Waals surface area contributed by atoms with E-state index in [0.29, 0.717) is 5.92 Å². The topological polar surface area (TPSA) is 32.3 Å². The van der Waals surface area contributed by atoms with Crippen LogP contribution in [0.25, 0.3) is 0 Å². The van der Waals surface area contributed by atoms with Crippen molar-refractivity contribution in [1.82, 2.24) is 10.2 Å². The van der Waals surface area contributed by atoms with Crippen molar-refractivity contribution in [2.45, 2.75) is 31.1 Å². The molecule has 0 saturated carbocycles. The summed E-state index contributed by atoms with van der Waals surface area (Å²) in [6.45, 7) is 6.02. The second-order valence-corrected chi connectivity index (χ2v) is 6.51.